The van der Waals surface area contributed by atoms with E-state index in [1.807, 2.05) is 26.2 Å². The third-order valence-electron chi connectivity index (χ3n) is 4.40. The summed E-state index contributed by atoms with van der Waals surface area (Å²) in [4.78, 5) is 22.3. The minimum Gasteiger partial charge on any atom is -0.459 e. The molecule has 2 aromatic heterocycles. The van der Waals surface area contributed by atoms with Crippen LogP contribution >= 0.6 is 38.8 Å². The molecule has 1 aliphatic heterocycles. The van der Waals surface area contributed by atoms with E-state index < -0.39 is 11.1 Å². The number of nitrogens with one attached hydrogen (secondary N) is 1. The van der Waals surface area contributed by atoms with Crippen LogP contribution < -0.4 is 5.32 Å². The van der Waals surface area contributed by atoms with Crippen molar-refractivity contribution in [2.75, 3.05) is 0 Å². The van der Waals surface area contributed by atoms with Crippen molar-refractivity contribution >= 4 is 44.8 Å². The fourth-order valence-corrected chi connectivity index (χ4v) is 5.58. The highest BCUT2D eigenvalue weighted by molar-refractivity contribution is 9.10. The molecule has 1 N–H and O–H groups in total. The van der Waals surface area contributed by atoms with Crippen LogP contribution in [0.2, 0.25) is 0 Å². The molecule has 3 heterocycles. The van der Waals surface area contributed by atoms with Gasteiger partial charge in [-0.05, 0) is 67.0 Å². The third kappa shape index (κ3) is 4.75. The number of carbonyl (C=O) groups excluding carboxylic acids is 1. The van der Waals surface area contributed by atoms with E-state index in [0.29, 0.717) is 23.5 Å². The largest absolute Gasteiger partial charge is 0.459 e. The highest BCUT2D eigenvalue weighted by Crippen LogP contribution is 2.48. The van der Waals surface area contributed by atoms with Crippen molar-refractivity contribution < 1.29 is 9.53 Å². The summed E-state index contributed by atoms with van der Waals surface area (Å²) in [5.74, 6) is 0.157. The molecule has 3 rings (SSSR count). The number of hydrogen-bond acceptors (Lipinski definition) is 8. The highest BCUT2D eigenvalue weighted by atomic mass is 79.9. The maximum atomic E-state index is 13.3. The number of nitrogens with zero attached hydrogens (tertiary/aromatic N) is 3. The van der Waals surface area contributed by atoms with Gasteiger partial charge in [0.1, 0.15) is 21.2 Å². The second-order valence-electron chi connectivity index (χ2n) is 8.39. The van der Waals surface area contributed by atoms with Crippen LogP contribution in [-0.2, 0) is 9.53 Å². The predicted molar refractivity (Wildman–Crippen MR) is 111 cm³/mol. The highest BCUT2D eigenvalue weighted by Gasteiger charge is 2.54. The lowest BCUT2D eigenvalue weighted by Gasteiger charge is -2.33. The van der Waals surface area contributed by atoms with E-state index in [9.17, 15) is 4.79 Å². The van der Waals surface area contributed by atoms with Crippen LogP contribution in [0.4, 0.5) is 0 Å². The Morgan fingerprint density at radius 1 is 1.44 bits per heavy atom. The van der Waals surface area contributed by atoms with Gasteiger partial charge in [-0.2, -0.15) is 4.37 Å². The van der Waals surface area contributed by atoms with Crippen LogP contribution in [0.15, 0.2) is 16.3 Å². The number of hydrogen-bond donors (Lipinski definition) is 1. The Balaban J connectivity index is 2.00. The molecule has 0 aliphatic carbocycles. The standard InChI is InChI=1S/C18H25BrN4O2S2/c1-10(2)8-18(15(24)25-17(3,4)5)9-11(13-21-16(19)23-27-13)12(22-18)14-20-6-7-26-14/h6-7,10-12,22H,8-9H2,1-5H3/t11-,12+,18-/m0/s1. The molecule has 1 fully saturated rings. The Hall–Kier alpha value is -0.900. The van der Waals surface area contributed by atoms with Crippen molar-refractivity contribution in [3.63, 3.8) is 0 Å². The van der Waals surface area contributed by atoms with Gasteiger partial charge in [-0.3, -0.25) is 10.1 Å². The fraction of sp³-hybridized carbons (Fsp3) is 0.667. The summed E-state index contributed by atoms with van der Waals surface area (Å²) in [6.45, 7) is 9.96. The van der Waals surface area contributed by atoms with Crippen molar-refractivity contribution in [1.82, 2.24) is 19.7 Å². The summed E-state index contributed by atoms with van der Waals surface area (Å²) < 4.78 is 10.7. The normalized spacial score (nSPS) is 25.9. The second kappa shape index (κ2) is 7.85. The Morgan fingerprint density at radius 3 is 2.70 bits per heavy atom. The van der Waals surface area contributed by atoms with Crippen molar-refractivity contribution in [2.24, 2.45) is 5.92 Å². The van der Waals surface area contributed by atoms with Crippen LogP contribution in [0, 0.1) is 5.92 Å². The number of ether oxygens (including phenoxy) is 1. The van der Waals surface area contributed by atoms with Crippen LogP contribution in [-0.4, -0.2) is 31.5 Å². The minimum atomic E-state index is -0.763. The van der Waals surface area contributed by atoms with E-state index in [-0.39, 0.29) is 17.9 Å². The molecule has 9 heteroatoms. The summed E-state index contributed by atoms with van der Waals surface area (Å²) >= 11 is 6.31. The summed E-state index contributed by atoms with van der Waals surface area (Å²) in [5.41, 5.74) is -1.30. The first-order valence-corrected chi connectivity index (χ1v) is 11.4. The summed E-state index contributed by atoms with van der Waals surface area (Å²) in [7, 11) is 0. The van der Waals surface area contributed by atoms with Gasteiger partial charge in [0, 0.05) is 17.5 Å². The van der Waals surface area contributed by atoms with Gasteiger partial charge in [-0.15, -0.1) is 11.3 Å². The lowest BCUT2D eigenvalue weighted by atomic mass is 9.84. The topological polar surface area (TPSA) is 77.0 Å². The molecule has 1 aliphatic rings. The summed E-state index contributed by atoms with van der Waals surface area (Å²) in [5, 5.41) is 7.44. The average molecular weight is 473 g/mol. The molecule has 148 valence electrons. The third-order valence-corrected chi connectivity index (χ3v) is 6.69. The molecule has 0 unspecified atom stereocenters. The molecule has 0 amide bonds. The number of aromatic nitrogens is 3. The Kier molecular flexibility index (Phi) is 6.05. The molecule has 2 aromatic rings. The molecule has 0 radical (unpaired) electrons. The first-order chi connectivity index (χ1) is 12.6. The van der Waals surface area contributed by atoms with Gasteiger partial charge < -0.3 is 4.74 Å². The van der Waals surface area contributed by atoms with Crippen LogP contribution in [0.25, 0.3) is 0 Å². The number of rotatable bonds is 5. The Bertz CT molecular complexity index is 788. The van der Waals surface area contributed by atoms with E-state index >= 15 is 0 Å². The van der Waals surface area contributed by atoms with Gasteiger partial charge in [-0.1, -0.05) is 13.8 Å². The van der Waals surface area contributed by atoms with Gasteiger partial charge in [0.15, 0.2) is 0 Å². The zero-order valence-corrected chi connectivity index (χ0v) is 19.4. The molecule has 0 bridgehead atoms. The summed E-state index contributed by atoms with van der Waals surface area (Å²) in [6.07, 6.45) is 3.11. The van der Waals surface area contributed by atoms with Gasteiger partial charge in [-0.25, -0.2) is 9.97 Å². The zero-order valence-electron chi connectivity index (χ0n) is 16.2. The quantitative estimate of drug-likeness (QED) is 0.635. The zero-order chi connectivity index (χ0) is 19.8. The van der Waals surface area contributed by atoms with E-state index in [4.69, 9.17) is 4.74 Å². The second-order valence-corrected chi connectivity index (χ2v) is 10.8. The lowest BCUT2D eigenvalue weighted by Crippen LogP contribution is -2.52. The van der Waals surface area contributed by atoms with Crippen LogP contribution in [0.5, 0.6) is 0 Å². The molecule has 0 spiro atoms. The van der Waals surface area contributed by atoms with Gasteiger partial charge >= 0.3 is 5.97 Å². The van der Waals surface area contributed by atoms with Crippen molar-refractivity contribution in [3.05, 3.63) is 26.3 Å². The van der Waals surface area contributed by atoms with Gasteiger partial charge in [0.25, 0.3) is 0 Å². The first-order valence-electron chi connectivity index (χ1n) is 8.99. The van der Waals surface area contributed by atoms with Crippen LogP contribution in [0.1, 0.15) is 69.4 Å². The molecular formula is C18H25BrN4O2S2. The summed E-state index contributed by atoms with van der Waals surface area (Å²) in [6, 6.07) is -0.0869. The Labute approximate surface area is 176 Å². The van der Waals surface area contributed by atoms with Crippen molar-refractivity contribution in [3.8, 4) is 0 Å². The van der Waals surface area contributed by atoms with Crippen LogP contribution in [0.3, 0.4) is 0 Å². The van der Waals surface area contributed by atoms with E-state index in [1.54, 1.807) is 17.5 Å². The van der Waals surface area contributed by atoms with E-state index in [1.165, 1.54) is 11.5 Å². The molecule has 0 aromatic carbocycles. The molecular weight excluding hydrogens is 448 g/mol. The Morgan fingerprint density at radius 2 is 2.19 bits per heavy atom. The van der Waals surface area contributed by atoms with E-state index in [2.05, 4.69) is 49.4 Å². The molecule has 6 nitrogen and oxygen atoms in total. The number of thiazole rings is 1. The molecule has 1 saturated heterocycles. The fourth-order valence-electron chi connectivity index (χ4n) is 3.61. The number of halogens is 1. The lowest BCUT2D eigenvalue weighted by molar-refractivity contribution is -0.163. The molecule has 27 heavy (non-hydrogen) atoms. The maximum absolute atomic E-state index is 13.3. The SMILES string of the molecule is CC(C)C[C@@]1(C(=O)OC(C)(C)C)C[C@H](c2nc(Br)ns2)[C@H](c2nccs2)N1. The maximum Gasteiger partial charge on any atom is 0.326 e. The number of esters is 1. The van der Waals surface area contributed by atoms with Crippen molar-refractivity contribution in [1.29, 1.82) is 0 Å². The minimum absolute atomic E-state index is 0.0196. The molecule has 0 saturated carbocycles. The van der Waals surface area contributed by atoms with Crippen molar-refractivity contribution in [2.45, 2.75) is 70.6 Å². The predicted octanol–water partition coefficient (Wildman–Crippen LogP) is 4.70. The first kappa shape index (κ1) is 20.8. The van der Waals surface area contributed by atoms with E-state index in [0.717, 1.165) is 10.0 Å². The monoisotopic (exact) mass is 472 g/mol. The van der Waals surface area contributed by atoms with Gasteiger partial charge in [0.2, 0.25) is 4.73 Å². The smallest absolute Gasteiger partial charge is 0.326 e. The molecule has 3 atom stereocenters. The average Bonchev–Trinajstić information content (AvgIpc) is 3.23. The van der Waals surface area contributed by atoms with Gasteiger partial charge in [0.05, 0.1) is 6.04 Å². The number of carbonyl (C=O) groups is 1.